The Morgan fingerprint density at radius 2 is 1.77 bits per heavy atom. The number of fused-ring (bicyclic) bond motifs is 1. The molecule has 0 saturated carbocycles. The molecular formula is C20H21FN2O7S. The Kier molecular flexibility index (Phi) is 6.76. The molecule has 0 bridgehead atoms. The fraction of sp³-hybridized carbons (Fsp3) is 0.300. The topological polar surface area (TPSA) is 120 Å². The number of benzene rings is 2. The van der Waals surface area contributed by atoms with Crippen molar-refractivity contribution < 1.29 is 36.6 Å². The zero-order chi connectivity index (χ0) is 22.6. The summed E-state index contributed by atoms with van der Waals surface area (Å²) < 4.78 is 55.2. The summed E-state index contributed by atoms with van der Waals surface area (Å²) in [6, 6.07) is 8.07. The Labute approximate surface area is 178 Å². The molecule has 11 heteroatoms. The minimum Gasteiger partial charge on any atom is -0.454 e. The van der Waals surface area contributed by atoms with Crippen LogP contribution in [0, 0.1) is 5.82 Å². The van der Waals surface area contributed by atoms with E-state index in [9.17, 15) is 22.4 Å². The fourth-order valence-corrected chi connectivity index (χ4v) is 3.87. The van der Waals surface area contributed by atoms with Gasteiger partial charge in [-0.2, -0.15) is 4.72 Å². The second kappa shape index (κ2) is 9.31. The van der Waals surface area contributed by atoms with Crippen LogP contribution in [0.2, 0.25) is 0 Å². The Balaban J connectivity index is 1.50. The molecule has 0 aromatic heterocycles. The fourth-order valence-electron chi connectivity index (χ4n) is 2.68. The van der Waals surface area contributed by atoms with Crippen molar-refractivity contribution in [3.05, 3.63) is 53.8 Å². The first-order valence-corrected chi connectivity index (χ1v) is 10.8. The molecule has 2 N–H and O–H groups in total. The van der Waals surface area contributed by atoms with Crippen LogP contribution in [0.15, 0.2) is 47.4 Å². The van der Waals surface area contributed by atoms with Crippen molar-refractivity contribution >= 4 is 21.9 Å². The van der Waals surface area contributed by atoms with Crippen LogP contribution in [0.3, 0.4) is 0 Å². The average Bonchev–Trinajstić information content (AvgIpc) is 3.19. The lowest BCUT2D eigenvalue weighted by atomic mass is 10.2. The molecule has 0 aliphatic carbocycles. The molecule has 2 aromatic carbocycles. The van der Waals surface area contributed by atoms with Crippen LogP contribution in [0.5, 0.6) is 11.5 Å². The van der Waals surface area contributed by atoms with Gasteiger partial charge in [-0.1, -0.05) is 6.07 Å². The van der Waals surface area contributed by atoms with Crippen LogP contribution < -0.4 is 19.5 Å². The van der Waals surface area contributed by atoms with Crippen molar-refractivity contribution in [1.29, 1.82) is 0 Å². The first-order valence-electron chi connectivity index (χ1n) is 9.30. The Morgan fingerprint density at radius 3 is 2.48 bits per heavy atom. The number of hydrogen-bond acceptors (Lipinski definition) is 7. The van der Waals surface area contributed by atoms with Crippen molar-refractivity contribution in [1.82, 2.24) is 10.0 Å². The SMILES string of the molecule is CC(NS(=O)(=O)c1ccc(F)cc1)C(=O)OC(C)C(=O)NCc1ccc2c(c1)OCO2. The van der Waals surface area contributed by atoms with Crippen LogP contribution >= 0.6 is 0 Å². The lowest BCUT2D eigenvalue weighted by Gasteiger charge is -2.17. The molecule has 2 aromatic rings. The van der Waals surface area contributed by atoms with E-state index in [1.54, 1.807) is 18.2 Å². The zero-order valence-corrected chi connectivity index (χ0v) is 17.6. The Morgan fingerprint density at radius 1 is 1.10 bits per heavy atom. The minimum absolute atomic E-state index is 0.140. The molecule has 9 nitrogen and oxygen atoms in total. The number of carbonyl (C=O) groups excluding carboxylic acids is 2. The van der Waals surface area contributed by atoms with Gasteiger partial charge in [-0.3, -0.25) is 9.59 Å². The van der Waals surface area contributed by atoms with E-state index in [1.165, 1.54) is 13.8 Å². The number of hydrogen-bond donors (Lipinski definition) is 2. The van der Waals surface area contributed by atoms with Crippen LogP contribution in [0.4, 0.5) is 4.39 Å². The molecule has 0 saturated heterocycles. The third-order valence-electron chi connectivity index (χ3n) is 4.38. The number of sulfonamides is 1. The summed E-state index contributed by atoms with van der Waals surface area (Å²) in [5.74, 6) is -0.883. The highest BCUT2D eigenvalue weighted by molar-refractivity contribution is 7.89. The van der Waals surface area contributed by atoms with Crippen LogP contribution in [0.25, 0.3) is 0 Å². The van der Waals surface area contributed by atoms with Gasteiger partial charge in [0.25, 0.3) is 5.91 Å². The number of carbonyl (C=O) groups is 2. The summed E-state index contributed by atoms with van der Waals surface area (Å²) in [6.45, 7) is 2.96. The van der Waals surface area contributed by atoms with Gasteiger partial charge in [-0.05, 0) is 55.8 Å². The molecule has 166 valence electrons. The van der Waals surface area contributed by atoms with Crippen LogP contribution in [-0.2, 0) is 30.9 Å². The van der Waals surface area contributed by atoms with Gasteiger partial charge in [0.2, 0.25) is 16.8 Å². The van der Waals surface area contributed by atoms with Gasteiger partial charge in [-0.15, -0.1) is 0 Å². The van der Waals surface area contributed by atoms with Gasteiger partial charge in [0, 0.05) is 6.54 Å². The van der Waals surface area contributed by atoms with Gasteiger partial charge in [0.05, 0.1) is 4.90 Å². The molecule has 0 fully saturated rings. The van der Waals surface area contributed by atoms with Crippen molar-refractivity contribution in [3.63, 3.8) is 0 Å². The van der Waals surface area contributed by atoms with E-state index in [-0.39, 0.29) is 18.2 Å². The minimum atomic E-state index is -4.07. The highest BCUT2D eigenvalue weighted by Crippen LogP contribution is 2.32. The molecule has 1 aliphatic heterocycles. The van der Waals surface area contributed by atoms with E-state index < -0.39 is 39.9 Å². The van der Waals surface area contributed by atoms with Gasteiger partial charge in [0.1, 0.15) is 11.9 Å². The van der Waals surface area contributed by atoms with Gasteiger partial charge < -0.3 is 19.5 Å². The molecule has 1 amide bonds. The van der Waals surface area contributed by atoms with Crippen molar-refractivity contribution in [2.24, 2.45) is 0 Å². The zero-order valence-electron chi connectivity index (χ0n) is 16.8. The maximum Gasteiger partial charge on any atom is 0.324 e. The second-order valence-corrected chi connectivity index (χ2v) is 8.50. The third kappa shape index (κ3) is 5.70. The third-order valence-corrected chi connectivity index (χ3v) is 5.93. The predicted molar refractivity (Wildman–Crippen MR) is 106 cm³/mol. The summed E-state index contributed by atoms with van der Waals surface area (Å²) in [5, 5.41) is 2.63. The van der Waals surface area contributed by atoms with E-state index >= 15 is 0 Å². The maximum atomic E-state index is 13.0. The standard InChI is InChI=1S/C20H21FN2O7S/c1-12(23-31(26,27)16-6-4-15(21)5-7-16)20(25)30-13(2)19(24)22-10-14-3-8-17-18(9-14)29-11-28-17/h3-9,12-13,23H,10-11H2,1-2H3,(H,22,24). The molecule has 0 spiro atoms. The lowest BCUT2D eigenvalue weighted by molar-refractivity contribution is -0.156. The molecule has 31 heavy (non-hydrogen) atoms. The smallest absolute Gasteiger partial charge is 0.324 e. The van der Waals surface area contributed by atoms with E-state index in [0.717, 1.165) is 29.8 Å². The summed E-state index contributed by atoms with van der Waals surface area (Å²) >= 11 is 0. The van der Waals surface area contributed by atoms with Gasteiger partial charge >= 0.3 is 5.97 Å². The predicted octanol–water partition coefficient (Wildman–Crippen LogP) is 1.47. The molecular weight excluding hydrogens is 431 g/mol. The Hall–Kier alpha value is -3.18. The second-order valence-electron chi connectivity index (χ2n) is 6.78. The number of amides is 1. The first kappa shape index (κ1) is 22.5. The van der Waals surface area contributed by atoms with Gasteiger partial charge in [-0.25, -0.2) is 12.8 Å². The molecule has 2 atom stereocenters. The number of nitrogens with one attached hydrogen (secondary N) is 2. The summed E-state index contributed by atoms with van der Waals surface area (Å²) in [5.41, 5.74) is 0.761. The largest absolute Gasteiger partial charge is 0.454 e. The Bertz CT molecular complexity index is 1070. The molecule has 1 aliphatic rings. The number of esters is 1. The number of halogens is 1. The normalized spacial score (nSPS) is 14.5. The first-order chi connectivity index (χ1) is 14.7. The quantitative estimate of drug-likeness (QED) is 0.582. The van der Waals surface area contributed by atoms with E-state index in [1.807, 2.05) is 0 Å². The van der Waals surface area contributed by atoms with Gasteiger partial charge in [0.15, 0.2) is 17.6 Å². The van der Waals surface area contributed by atoms with E-state index in [2.05, 4.69) is 10.0 Å². The summed E-state index contributed by atoms with van der Waals surface area (Å²) in [4.78, 5) is 24.2. The monoisotopic (exact) mass is 452 g/mol. The average molecular weight is 452 g/mol. The van der Waals surface area contributed by atoms with Crippen molar-refractivity contribution in [2.45, 2.75) is 37.4 Å². The van der Waals surface area contributed by atoms with Crippen LogP contribution in [0.1, 0.15) is 19.4 Å². The number of ether oxygens (including phenoxy) is 3. The molecule has 2 unspecified atom stereocenters. The van der Waals surface area contributed by atoms with E-state index in [4.69, 9.17) is 14.2 Å². The maximum absolute atomic E-state index is 13.0. The summed E-state index contributed by atoms with van der Waals surface area (Å²) in [7, 11) is -4.07. The molecule has 3 rings (SSSR count). The highest BCUT2D eigenvalue weighted by atomic mass is 32.2. The molecule has 1 heterocycles. The number of rotatable bonds is 8. The highest BCUT2D eigenvalue weighted by Gasteiger charge is 2.26. The van der Waals surface area contributed by atoms with E-state index in [0.29, 0.717) is 11.5 Å². The summed E-state index contributed by atoms with van der Waals surface area (Å²) in [6.07, 6.45) is -1.15. The van der Waals surface area contributed by atoms with Crippen molar-refractivity contribution in [3.8, 4) is 11.5 Å². The lowest BCUT2D eigenvalue weighted by Crippen LogP contribution is -2.43. The molecule has 0 radical (unpaired) electrons. The van der Waals surface area contributed by atoms with Crippen LogP contribution in [-0.4, -0.2) is 39.2 Å². The van der Waals surface area contributed by atoms with Crippen molar-refractivity contribution in [2.75, 3.05) is 6.79 Å².